The molecule has 0 bridgehead atoms. The molecule has 10 heavy (non-hydrogen) atoms. The quantitative estimate of drug-likeness (QED) is 0.512. The molecule has 2 aliphatic rings. The fraction of sp³-hybridized carbons (Fsp3) is 0.875. The first-order valence-electron chi connectivity index (χ1n) is 4.10. The zero-order chi connectivity index (χ0) is 6.97. The van der Waals surface area contributed by atoms with Crippen molar-refractivity contribution in [2.24, 2.45) is 0 Å². The SMILES string of the molecule is CN1CCC(N2C[CH]C2)C1. The van der Waals surface area contributed by atoms with Crippen LogP contribution in [0.15, 0.2) is 0 Å². The number of rotatable bonds is 1. The first kappa shape index (κ1) is 6.62. The molecule has 0 aromatic carbocycles. The van der Waals surface area contributed by atoms with Gasteiger partial charge in [0.2, 0.25) is 0 Å². The first-order valence-corrected chi connectivity index (χ1v) is 4.10. The van der Waals surface area contributed by atoms with Crippen LogP contribution in [0.1, 0.15) is 6.42 Å². The number of hydrogen-bond donors (Lipinski definition) is 0. The largest absolute Gasteiger partial charge is 0.305 e. The number of hydrogen-bond acceptors (Lipinski definition) is 2. The Morgan fingerprint density at radius 2 is 2.20 bits per heavy atom. The molecule has 2 heterocycles. The predicted octanol–water partition coefficient (Wildman–Crippen LogP) is 0.210. The number of likely N-dealkylation sites (N-methyl/N-ethyl adjacent to an activating group) is 1. The maximum Gasteiger partial charge on any atom is 0.0235 e. The molecular formula is C8H15N2. The maximum absolute atomic E-state index is 2.56. The van der Waals surface area contributed by atoms with E-state index >= 15 is 0 Å². The van der Waals surface area contributed by atoms with Gasteiger partial charge in [0, 0.05) is 25.7 Å². The summed E-state index contributed by atoms with van der Waals surface area (Å²) in [5.74, 6) is 0. The highest BCUT2D eigenvalue weighted by Crippen LogP contribution is 2.18. The topological polar surface area (TPSA) is 6.48 Å². The van der Waals surface area contributed by atoms with E-state index in [9.17, 15) is 0 Å². The van der Waals surface area contributed by atoms with Gasteiger partial charge in [-0.3, -0.25) is 4.90 Å². The van der Waals surface area contributed by atoms with E-state index in [4.69, 9.17) is 0 Å². The molecule has 1 radical (unpaired) electrons. The minimum absolute atomic E-state index is 0.870. The second-order valence-electron chi connectivity index (χ2n) is 3.45. The van der Waals surface area contributed by atoms with Crippen LogP contribution >= 0.6 is 0 Å². The van der Waals surface area contributed by atoms with Crippen molar-refractivity contribution in [2.45, 2.75) is 12.5 Å². The van der Waals surface area contributed by atoms with Gasteiger partial charge in [0.05, 0.1) is 0 Å². The summed E-state index contributed by atoms with van der Waals surface area (Å²) in [7, 11) is 2.21. The summed E-state index contributed by atoms with van der Waals surface area (Å²) in [6, 6.07) is 0.870. The van der Waals surface area contributed by atoms with Crippen LogP contribution in [0.4, 0.5) is 0 Å². The number of likely N-dealkylation sites (tertiary alicyclic amines) is 2. The van der Waals surface area contributed by atoms with Crippen molar-refractivity contribution in [1.29, 1.82) is 0 Å². The fourth-order valence-electron chi connectivity index (χ4n) is 1.79. The summed E-state index contributed by atoms with van der Waals surface area (Å²) in [5.41, 5.74) is 0. The van der Waals surface area contributed by atoms with E-state index in [-0.39, 0.29) is 0 Å². The van der Waals surface area contributed by atoms with Gasteiger partial charge in [-0.05, 0) is 26.4 Å². The van der Waals surface area contributed by atoms with Gasteiger partial charge in [-0.25, -0.2) is 0 Å². The molecule has 2 heteroatoms. The molecule has 1 atom stereocenters. The van der Waals surface area contributed by atoms with Crippen LogP contribution in [0.5, 0.6) is 0 Å². The third kappa shape index (κ3) is 1.06. The molecule has 2 saturated heterocycles. The standard InChI is InChI=1S/C8H15N2/c1-9-6-3-8(7-9)10-4-2-5-10/h2,8H,3-7H2,1H3. The molecular weight excluding hydrogens is 124 g/mol. The Kier molecular flexibility index (Phi) is 1.66. The first-order chi connectivity index (χ1) is 4.86. The minimum atomic E-state index is 0.870. The number of nitrogens with zero attached hydrogens (tertiary/aromatic N) is 2. The molecule has 1 unspecified atom stereocenters. The van der Waals surface area contributed by atoms with Crippen LogP contribution in [0.3, 0.4) is 0 Å². The summed E-state index contributed by atoms with van der Waals surface area (Å²) in [4.78, 5) is 4.98. The van der Waals surface area contributed by atoms with Crippen molar-refractivity contribution in [3.8, 4) is 0 Å². The molecule has 57 valence electrons. The van der Waals surface area contributed by atoms with Crippen molar-refractivity contribution in [3.63, 3.8) is 0 Å². The van der Waals surface area contributed by atoms with Crippen LogP contribution in [0, 0.1) is 6.42 Å². The maximum atomic E-state index is 2.56. The van der Waals surface area contributed by atoms with E-state index in [1.54, 1.807) is 0 Å². The Balaban J connectivity index is 1.82. The average Bonchev–Trinajstić information content (AvgIpc) is 2.10. The third-order valence-electron chi connectivity index (χ3n) is 2.61. The normalized spacial score (nSPS) is 36.3. The second kappa shape index (κ2) is 2.51. The van der Waals surface area contributed by atoms with Gasteiger partial charge in [-0.15, -0.1) is 0 Å². The smallest absolute Gasteiger partial charge is 0.0235 e. The summed E-state index contributed by atoms with van der Waals surface area (Å²) in [6.45, 7) is 5.05. The lowest BCUT2D eigenvalue weighted by molar-refractivity contribution is 0.171. The zero-order valence-electron chi connectivity index (χ0n) is 6.58. The molecule has 0 N–H and O–H groups in total. The van der Waals surface area contributed by atoms with Crippen molar-refractivity contribution in [2.75, 3.05) is 33.2 Å². The molecule has 0 aromatic rings. The van der Waals surface area contributed by atoms with Crippen LogP contribution in [0.2, 0.25) is 0 Å². The van der Waals surface area contributed by atoms with Crippen molar-refractivity contribution >= 4 is 0 Å². The molecule has 0 aliphatic carbocycles. The highest BCUT2D eigenvalue weighted by Gasteiger charge is 2.28. The van der Waals surface area contributed by atoms with Crippen molar-refractivity contribution in [1.82, 2.24) is 9.80 Å². The summed E-state index contributed by atoms with van der Waals surface area (Å²) in [5, 5.41) is 0. The Bertz CT molecular complexity index is 120. The van der Waals surface area contributed by atoms with E-state index in [0.717, 1.165) is 6.04 Å². The summed E-state index contributed by atoms with van der Waals surface area (Å²) in [6.07, 6.45) is 3.72. The summed E-state index contributed by atoms with van der Waals surface area (Å²) < 4.78 is 0. The Hall–Kier alpha value is -0.0800. The van der Waals surface area contributed by atoms with Crippen molar-refractivity contribution in [3.05, 3.63) is 6.42 Å². The van der Waals surface area contributed by atoms with Crippen LogP contribution in [0.25, 0.3) is 0 Å². The predicted molar refractivity (Wildman–Crippen MR) is 41.8 cm³/mol. The van der Waals surface area contributed by atoms with E-state index < -0.39 is 0 Å². The lowest BCUT2D eigenvalue weighted by atomic mass is 10.1. The van der Waals surface area contributed by atoms with E-state index in [1.807, 2.05) is 0 Å². The highest BCUT2D eigenvalue weighted by molar-refractivity contribution is 4.94. The Morgan fingerprint density at radius 1 is 1.40 bits per heavy atom. The van der Waals surface area contributed by atoms with Gasteiger partial charge in [0.25, 0.3) is 0 Å². The second-order valence-corrected chi connectivity index (χ2v) is 3.45. The average molecular weight is 139 g/mol. The van der Waals surface area contributed by atoms with Gasteiger partial charge in [0.1, 0.15) is 0 Å². The molecule has 2 fully saturated rings. The zero-order valence-corrected chi connectivity index (χ0v) is 6.58. The molecule has 0 saturated carbocycles. The van der Waals surface area contributed by atoms with Gasteiger partial charge < -0.3 is 4.90 Å². The van der Waals surface area contributed by atoms with Crippen LogP contribution in [-0.2, 0) is 0 Å². The Morgan fingerprint density at radius 3 is 2.60 bits per heavy atom. The summed E-state index contributed by atoms with van der Waals surface area (Å²) >= 11 is 0. The highest BCUT2D eigenvalue weighted by atomic mass is 15.3. The minimum Gasteiger partial charge on any atom is -0.305 e. The van der Waals surface area contributed by atoms with Crippen LogP contribution in [-0.4, -0.2) is 49.1 Å². The van der Waals surface area contributed by atoms with Crippen molar-refractivity contribution < 1.29 is 0 Å². The lowest BCUT2D eigenvalue weighted by Crippen LogP contribution is -2.46. The van der Waals surface area contributed by atoms with E-state index in [1.165, 1.54) is 32.6 Å². The molecule has 2 nitrogen and oxygen atoms in total. The van der Waals surface area contributed by atoms with E-state index in [2.05, 4.69) is 23.3 Å². The fourth-order valence-corrected chi connectivity index (χ4v) is 1.79. The lowest BCUT2D eigenvalue weighted by Gasteiger charge is -2.35. The monoisotopic (exact) mass is 139 g/mol. The third-order valence-corrected chi connectivity index (χ3v) is 2.61. The molecule has 2 aliphatic heterocycles. The molecule has 0 amide bonds. The van der Waals surface area contributed by atoms with Gasteiger partial charge in [-0.2, -0.15) is 0 Å². The van der Waals surface area contributed by atoms with Gasteiger partial charge in [-0.1, -0.05) is 0 Å². The molecule has 0 spiro atoms. The van der Waals surface area contributed by atoms with Gasteiger partial charge in [0.15, 0.2) is 0 Å². The molecule has 0 aromatic heterocycles. The van der Waals surface area contributed by atoms with E-state index in [0.29, 0.717) is 0 Å². The van der Waals surface area contributed by atoms with Crippen LogP contribution < -0.4 is 0 Å². The molecule has 2 rings (SSSR count). The Labute approximate surface area is 62.8 Å². The van der Waals surface area contributed by atoms with Gasteiger partial charge >= 0.3 is 0 Å².